The molecule has 0 aromatic carbocycles. The molecule has 0 aliphatic heterocycles. The van der Waals surface area contributed by atoms with Gasteiger partial charge in [0.2, 0.25) is 0 Å². The molecule has 2 nitrogen and oxygen atoms in total. The molecule has 1 unspecified atom stereocenters. The van der Waals surface area contributed by atoms with Crippen LogP contribution in [0.3, 0.4) is 0 Å². The topological polar surface area (TPSA) is 26.3 Å². The highest BCUT2D eigenvalue weighted by atomic mass is 16.5. The van der Waals surface area contributed by atoms with Gasteiger partial charge >= 0.3 is 5.97 Å². The van der Waals surface area contributed by atoms with Crippen LogP contribution in [0.4, 0.5) is 0 Å². The summed E-state index contributed by atoms with van der Waals surface area (Å²) >= 11 is 0. The van der Waals surface area contributed by atoms with Crippen molar-refractivity contribution in [3.8, 4) is 0 Å². The molecule has 0 radical (unpaired) electrons. The van der Waals surface area contributed by atoms with Crippen molar-refractivity contribution in [2.45, 2.75) is 33.6 Å². The van der Waals surface area contributed by atoms with Gasteiger partial charge < -0.3 is 4.74 Å². The summed E-state index contributed by atoms with van der Waals surface area (Å²) in [5.41, 5.74) is 3.45. The molecule has 2 heteroatoms. The molecule has 0 aromatic rings. The molecule has 0 saturated heterocycles. The molecule has 88 valence electrons. The second-order valence-corrected chi connectivity index (χ2v) is 4.29. The third-order valence-electron chi connectivity index (χ3n) is 2.96. The zero-order valence-corrected chi connectivity index (χ0v) is 10.4. The standard InChI is InChI=1S/C14H20O2/c1-5-16-14(15)9-13-8-12(10(2)3)7-6-11(13)4/h6,9,12H,2,5,7-8H2,1,3-4H3/b13-9+. The summed E-state index contributed by atoms with van der Waals surface area (Å²) in [6.07, 6.45) is 5.72. The molecule has 16 heavy (non-hydrogen) atoms. The summed E-state index contributed by atoms with van der Waals surface area (Å²) in [7, 11) is 0. The first-order chi connectivity index (χ1) is 7.54. The Bertz CT molecular complexity index is 348. The van der Waals surface area contributed by atoms with Gasteiger partial charge in [-0.15, -0.1) is 0 Å². The second kappa shape index (κ2) is 5.69. The van der Waals surface area contributed by atoms with E-state index in [0.29, 0.717) is 12.5 Å². The smallest absolute Gasteiger partial charge is 0.331 e. The van der Waals surface area contributed by atoms with Crippen molar-refractivity contribution in [3.63, 3.8) is 0 Å². The number of carbonyl (C=O) groups excluding carboxylic acids is 1. The fraction of sp³-hybridized carbons (Fsp3) is 0.500. The van der Waals surface area contributed by atoms with Crippen LogP contribution < -0.4 is 0 Å². The van der Waals surface area contributed by atoms with Crippen LogP contribution >= 0.6 is 0 Å². The number of ether oxygens (including phenoxy) is 1. The Morgan fingerprint density at radius 1 is 1.69 bits per heavy atom. The number of allylic oxidation sites excluding steroid dienone is 4. The Kier molecular flexibility index (Phi) is 4.53. The molecule has 1 aliphatic rings. The van der Waals surface area contributed by atoms with Crippen molar-refractivity contribution in [1.82, 2.24) is 0 Å². The van der Waals surface area contributed by atoms with Crippen molar-refractivity contribution in [2.75, 3.05) is 6.61 Å². The largest absolute Gasteiger partial charge is 0.463 e. The van der Waals surface area contributed by atoms with Crippen molar-refractivity contribution in [2.24, 2.45) is 5.92 Å². The molecule has 0 amide bonds. The molecule has 0 N–H and O–H groups in total. The number of hydrogen-bond acceptors (Lipinski definition) is 2. The number of hydrogen-bond donors (Lipinski definition) is 0. The Hall–Kier alpha value is -1.31. The lowest BCUT2D eigenvalue weighted by atomic mass is 9.82. The molecule has 0 heterocycles. The molecule has 0 saturated carbocycles. The minimum Gasteiger partial charge on any atom is -0.463 e. The van der Waals surface area contributed by atoms with Crippen LogP contribution in [0.5, 0.6) is 0 Å². The molecule has 1 atom stereocenters. The first-order valence-corrected chi connectivity index (χ1v) is 5.74. The third kappa shape index (κ3) is 3.37. The van der Waals surface area contributed by atoms with E-state index >= 15 is 0 Å². The molecular formula is C14H20O2. The average Bonchev–Trinajstić information content (AvgIpc) is 2.21. The SMILES string of the molecule is C=C(C)C1CC=C(C)/C(=C/C(=O)OCC)C1. The lowest BCUT2D eigenvalue weighted by molar-refractivity contribution is -0.137. The van der Waals surface area contributed by atoms with Crippen molar-refractivity contribution in [1.29, 1.82) is 0 Å². The van der Waals surface area contributed by atoms with E-state index in [1.165, 1.54) is 11.1 Å². The summed E-state index contributed by atoms with van der Waals surface area (Å²) in [4.78, 5) is 11.4. The maximum atomic E-state index is 11.4. The Balaban J connectivity index is 2.79. The zero-order chi connectivity index (χ0) is 12.1. The molecular weight excluding hydrogens is 200 g/mol. The Morgan fingerprint density at radius 2 is 2.38 bits per heavy atom. The highest BCUT2D eigenvalue weighted by Crippen LogP contribution is 2.32. The van der Waals surface area contributed by atoms with Gasteiger partial charge in [-0.25, -0.2) is 4.79 Å². The van der Waals surface area contributed by atoms with Gasteiger partial charge in [0.05, 0.1) is 6.61 Å². The predicted molar refractivity (Wildman–Crippen MR) is 66.0 cm³/mol. The van der Waals surface area contributed by atoms with Crippen LogP contribution in [0.1, 0.15) is 33.6 Å². The predicted octanol–water partition coefficient (Wildman–Crippen LogP) is 3.41. The quantitative estimate of drug-likeness (QED) is 0.414. The highest BCUT2D eigenvalue weighted by Gasteiger charge is 2.18. The fourth-order valence-electron chi connectivity index (χ4n) is 1.83. The van der Waals surface area contributed by atoms with Crippen LogP contribution in [-0.4, -0.2) is 12.6 Å². The van der Waals surface area contributed by atoms with E-state index in [0.717, 1.165) is 18.4 Å². The molecule has 0 spiro atoms. The van der Waals surface area contributed by atoms with E-state index in [4.69, 9.17) is 4.74 Å². The van der Waals surface area contributed by atoms with E-state index in [-0.39, 0.29) is 5.97 Å². The first kappa shape index (κ1) is 12.8. The maximum absolute atomic E-state index is 11.4. The van der Waals surface area contributed by atoms with Crippen molar-refractivity contribution >= 4 is 5.97 Å². The van der Waals surface area contributed by atoms with Crippen LogP contribution in [0.15, 0.2) is 35.5 Å². The van der Waals surface area contributed by atoms with E-state index in [1.54, 1.807) is 6.08 Å². The monoisotopic (exact) mass is 220 g/mol. The van der Waals surface area contributed by atoms with Crippen LogP contribution in [0.25, 0.3) is 0 Å². The summed E-state index contributed by atoms with van der Waals surface area (Å²) < 4.78 is 4.92. The lowest BCUT2D eigenvalue weighted by Gasteiger charge is -2.23. The van der Waals surface area contributed by atoms with Gasteiger partial charge in [0.15, 0.2) is 0 Å². The van der Waals surface area contributed by atoms with Gasteiger partial charge in [-0.1, -0.05) is 23.8 Å². The first-order valence-electron chi connectivity index (χ1n) is 5.74. The van der Waals surface area contributed by atoms with Gasteiger partial charge in [0, 0.05) is 6.08 Å². The lowest BCUT2D eigenvalue weighted by Crippen LogP contribution is -2.10. The van der Waals surface area contributed by atoms with E-state index < -0.39 is 0 Å². The number of esters is 1. The highest BCUT2D eigenvalue weighted by molar-refractivity contribution is 5.83. The molecule has 0 aromatic heterocycles. The Labute approximate surface area is 97.7 Å². The van der Waals surface area contributed by atoms with E-state index in [1.807, 2.05) is 20.8 Å². The molecule has 1 rings (SSSR count). The van der Waals surface area contributed by atoms with Gasteiger partial charge in [-0.05, 0) is 45.1 Å². The minimum atomic E-state index is -0.243. The molecule has 1 aliphatic carbocycles. The van der Waals surface area contributed by atoms with Crippen molar-refractivity contribution < 1.29 is 9.53 Å². The van der Waals surface area contributed by atoms with Gasteiger partial charge in [0.1, 0.15) is 0 Å². The van der Waals surface area contributed by atoms with Gasteiger partial charge in [-0.3, -0.25) is 0 Å². The second-order valence-electron chi connectivity index (χ2n) is 4.29. The molecule has 0 bridgehead atoms. The van der Waals surface area contributed by atoms with Crippen LogP contribution in [-0.2, 0) is 9.53 Å². The average molecular weight is 220 g/mol. The van der Waals surface area contributed by atoms with Gasteiger partial charge in [-0.2, -0.15) is 0 Å². The van der Waals surface area contributed by atoms with E-state index in [9.17, 15) is 4.79 Å². The van der Waals surface area contributed by atoms with Crippen molar-refractivity contribution in [3.05, 3.63) is 35.5 Å². The summed E-state index contributed by atoms with van der Waals surface area (Å²) in [6.45, 7) is 10.3. The summed E-state index contributed by atoms with van der Waals surface area (Å²) in [5, 5.41) is 0. The summed E-state index contributed by atoms with van der Waals surface area (Å²) in [6, 6.07) is 0. The number of carbonyl (C=O) groups is 1. The Morgan fingerprint density at radius 3 is 2.94 bits per heavy atom. The van der Waals surface area contributed by atoms with Gasteiger partial charge in [0.25, 0.3) is 0 Å². The van der Waals surface area contributed by atoms with E-state index in [2.05, 4.69) is 12.7 Å². The van der Waals surface area contributed by atoms with Crippen LogP contribution in [0, 0.1) is 5.92 Å². The zero-order valence-electron chi connectivity index (χ0n) is 10.4. The maximum Gasteiger partial charge on any atom is 0.331 e. The van der Waals surface area contributed by atoms with Crippen LogP contribution in [0.2, 0.25) is 0 Å². The molecule has 0 fully saturated rings. The normalized spacial score (nSPS) is 22.8. The summed E-state index contributed by atoms with van der Waals surface area (Å²) in [5.74, 6) is 0.219. The number of rotatable bonds is 3. The third-order valence-corrected chi connectivity index (χ3v) is 2.96. The minimum absolute atomic E-state index is 0.243. The fourth-order valence-corrected chi connectivity index (χ4v) is 1.83.